The Morgan fingerprint density at radius 1 is 1.40 bits per heavy atom. The van der Waals surface area contributed by atoms with Gasteiger partial charge in [-0.2, -0.15) is 0 Å². The summed E-state index contributed by atoms with van der Waals surface area (Å²) in [7, 11) is 3.22. The molecule has 6 nitrogen and oxygen atoms in total. The number of thiophene rings is 1. The molecule has 0 N–H and O–H groups in total. The second-order valence-electron chi connectivity index (χ2n) is 4.06. The summed E-state index contributed by atoms with van der Waals surface area (Å²) < 4.78 is 4.89. The van der Waals surface area contributed by atoms with E-state index in [-0.39, 0.29) is 18.3 Å². The van der Waals surface area contributed by atoms with E-state index in [2.05, 4.69) is 9.97 Å². The summed E-state index contributed by atoms with van der Waals surface area (Å²) in [5.74, 6) is -0.569. The zero-order valence-electron chi connectivity index (χ0n) is 11.0. The molecule has 0 fully saturated rings. The third-order valence-corrected chi connectivity index (χ3v) is 4.21. The van der Waals surface area contributed by atoms with Crippen LogP contribution < -0.4 is 0 Å². The van der Waals surface area contributed by atoms with E-state index in [4.69, 9.17) is 4.74 Å². The van der Waals surface area contributed by atoms with Gasteiger partial charge in [-0.15, -0.1) is 11.3 Å². The first-order valence-corrected chi connectivity index (χ1v) is 7.61. The van der Waals surface area contributed by atoms with Crippen molar-refractivity contribution in [1.82, 2.24) is 14.9 Å². The molecule has 20 heavy (non-hydrogen) atoms. The fourth-order valence-corrected chi connectivity index (χ4v) is 2.90. The standard InChI is InChI=1S/C12H13N3O3S2/c1-15(2)9(16)5-18-10(17)6-20-12-8-3-4-19-11(8)13-7-14-12/h3-4,7H,5-6H2,1-2H3. The zero-order chi connectivity index (χ0) is 14.5. The Hall–Kier alpha value is -1.67. The number of hydrogen-bond acceptors (Lipinski definition) is 7. The topological polar surface area (TPSA) is 72.4 Å². The smallest absolute Gasteiger partial charge is 0.316 e. The van der Waals surface area contributed by atoms with Crippen molar-refractivity contribution >= 4 is 45.2 Å². The van der Waals surface area contributed by atoms with Crippen molar-refractivity contribution in [2.24, 2.45) is 0 Å². The van der Waals surface area contributed by atoms with Gasteiger partial charge >= 0.3 is 5.97 Å². The van der Waals surface area contributed by atoms with E-state index < -0.39 is 5.97 Å². The van der Waals surface area contributed by atoms with Crippen molar-refractivity contribution in [3.8, 4) is 0 Å². The number of ether oxygens (including phenoxy) is 1. The molecule has 0 aliphatic carbocycles. The molecule has 1 amide bonds. The number of carbonyl (C=O) groups is 2. The van der Waals surface area contributed by atoms with Crippen LogP contribution in [0.1, 0.15) is 0 Å². The number of fused-ring (bicyclic) bond motifs is 1. The Bertz CT molecular complexity index is 627. The van der Waals surface area contributed by atoms with Crippen LogP contribution in [0.4, 0.5) is 0 Å². The normalized spacial score (nSPS) is 10.5. The van der Waals surface area contributed by atoms with Crippen molar-refractivity contribution in [3.63, 3.8) is 0 Å². The van der Waals surface area contributed by atoms with Gasteiger partial charge in [0.05, 0.1) is 5.75 Å². The van der Waals surface area contributed by atoms with Crippen LogP contribution in [0.5, 0.6) is 0 Å². The molecule has 0 aromatic carbocycles. The first-order valence-electron chi connectivity index (χ1n) is 5.74. The summed E-state index contributed by atoms with van der Waals surface area (Å²) in [6, 6.07) is 1.92. The van der Waals surface area contributed by atoms with Crippen LogP contribution in [-0.2, 0) is 14.3 Å². The van der Waals surface area contributed by atoms with Crippen LogP contribution in [-0.4, -0.2) is 53.2 Å². The summed E-state index contributed by atoms with van der Waals surface area (Å²) in [6.45, 7) is -0.232. The number of rotatable bonds is 5. The van der Waals surface area contributed by atoms with Crippen LogP contribution in [0, 0.1) is 0 Å². The summed E-state index contributed by atoms with van der Waals surface area (Å²) >= 11 is 2.80. The molecule has 0 radical (unpaired) electrons. The number of likely N-dealkylation sites (N-methyl/N-ethyl adjacent to an activating group) is 1. The van der Waals surface area contributed by atoms with Crippen molar-refractivity contribution in [3.05, 3.63) is 17.8 Å². The van der Waals surface area contributed by atoms with E-state index in [1.807, 2.05) is 11.4 Å². The van der Waals surface area contributed by atoms with Gasteiger partial charge in [-0.1, -0.05) is 11.8 Å². The van der Waals surface area contributed by atoms with Gasteiger partial charge < -0.3 is 9.64 Å². The lowest BCUT2D eigenvalue weighted by Gasteiger charge is -2.10. The molecule has 8 heteroatoms. The van der Waals surface area contributed by atoms with Crippen LogP contribution in [0.15, 0.2) is 22.8 Å². The van der Waals surface area contributed by atoms with Gasteiger partial charge in [0.2, 0.25) is 0 Å². The Balaban J connectivity index is 1.87. The van der Waals surface area contributed by atoms with Gasteiger partial charge in [-0.3, -0.25) is 9.59 Å². The number of nitrogens with zero attached hydrogens (tertiary/aromatic N) is 3. The number of hydrogen-bond donors (Lipinski definition) is 0. The molecule has 0 unspecified atom stereocenters. The van der Waals surface area contributed by atoms with E-state index in [9.17, 15) is 9.59 Å². The molecule has 0 aliphatic heterocycles. The number of thioether (sulfide) groups is 1. The maximum Gasteiger partial charge on any atom is 0.316 e. The lowest BCUT2D eigenvalue weighted by atomic mass is 10.4. The fourth-order valence-electron chi connectivity index (χ4n) is 1.32. The number of amides is 1. The number of carbonyl (C=O) groups excluding carboxylic acids is 2. The Morgan fingerprint density at radius 3 is 2.95 bits per heavy atom. The lowest BCUT2D eigenvalue weighted by molar-refractivity contribution is -0.148. The highest BCUT2D eigenvalue weighted by Gasteiger charge is 2.11. The summed E-state index contributed by atoms with van der Waals surface area (Å²) in [4.78, 5) is 33.4. The first kappa shape index (κ1) is 14.7. The second kappa shape index (κ2) is 6.67. The van der Waals surface area contributed by atoms with E-state index in [0.717, 1.165) is 15.2 Å². The summed E-state index contributed by atoms with van der Waals surface area (Å²) in [5, 5.41) is 3.60. The molecule has 0 atom stereocenters. The first-order chi connectivity index (χ1) is 9.58. The van der Waals surface area contributed by atoms with Crippen molar-refractivity contribution < 1.29 is 14.3 Å². The number of aromatic nitrogens is 2. The van der Waals surface area contributed by atoms with Crippen LogP contribution >= 0.6 is 23.1 Å². The summed E-state index contributed by atoms with van der Waals surface area (Å²) in [6.07, 6.45) is 1.47. The van der Waals surface area contributed by atoms with Crippen molar-refractivity contribution in [2.75, 3.05) is 26.5 Å². The molecule has 0 saturated carbocycles. The van der Waals surface area contributed by atoms with E-state index >= 15 is 0 Å². The highest BCUT2D eigenvalue weighted by molar-refractivity contribution is 8.00. The molecule has 2 aromatic rings. The SMILES string of the molecule is CN(C)C(=O)COC(=O)CSc1ncnc2sccc12. The lowest BCUT2D eigenvalue weighted by Crippen LogP contribution is -2.27. The molecule has 0 spiro atoms. The molecule has 2 rings (SSSR count). The third-order valence-electron chi connectivity index (χ3n) is 2.41. The minimum Gasteiger partial charge on any atom is -0.455 e. The van der Waals surface area contributed by atoms with Gasteiger partial charge in [0, 0.05) is 19.5 Å². The van der Waals surface area contributed by atoms with Gasteiger partial charge in [0.1, 0.15) is 16.2 Å². The predicted molar refractivity (Wildman–Crippen MR) is 77.8 cm³/mol. The Morgan fingerprint density at radius 2 is 2.20 bits per heavy atom. The van der Waals surface area contributed by atoms with Gasteiger partial charge in [0.25, 0.3) is 5.91 Å². The zero-order valence-corrected chi connectivity index (χ0v) is 12.7. The molecule has 0 bridgehead atoms. The third kappa shape index (κ3) is 3.67. The Kier molecular flexibility index (Phi) is 4.91. The maximum atomic E-state index is 11.6. The van der Waals surface area contributed by atoms with Gasteiger partial charge in [-0.05, 0) is 11.4 Å². The van der Waals surface area contributed by atoms with Crippen molar-refractivity contribution in [2.45, 2.75) is 5.03 Å². The number of esters is 1. The molecule has 0 saturated heterocycles. The quantitative estimate of drug-likeness (QED) is 0.472. The minimum atomic E-state index is -0.438. The van der Waals surface area contributed by atoms with E-state index in [0.29, 0.717) is 0 Å². The van der Waals surface area contributed by atoms with Gasteiger partial charge in [0.15, 0.2) is 6.61 Å². The molecule has 2 heterocycles. The maximum absolute atomic E-state index is 11.6. The Labute approximate surface area is 124 Å². The molecular formula is C12H13N3O3S2. The van der Waals surface area contributed by atoms with Crippen LogP contribution in [0.3, 0.4) is 0 Å². The molecule has 106 valence electrons. The van der Waals surface area contributed by atoms with Gasteiger partial charge in [-0.25, -0.2) is 9.97 Å². The largest absolute Gasteiger partial charge is 0.455 e. The fraction of sp³-hybridized carbons (Fsp3) is 0.333. The van der Waals surface area contributed by atoms with Crippen molar-refractivity contribution in [1.29, 1.82) is 0 Å². The summed E-state index contributed by atoms with van der Waals surface area (Å²) in [5.41, 5.74) is 0. The van der Waals surface area contributed by atoms with E-state index in [1.165, 1.54) is 34.3 Å². The second-order valence-corrected chi connectivity index (χ2v) is 5.91. The molecular weight excluding hydrogens is 298 g/mol. The minimum absolute atomic E-state index is 0.114. The van der Waals surface area contributed by atoms with E-state index in [1.54, 1.807) is 14.1 Å². The molecule has 0 aliphatic rings. The monoisotopic (exact) mass is 311 g/mol. The predicted octanol–water partition coefficient (Wildman–Crippen LogP) is 1.41. The highest BCUT2D eigenvalue weighted by atomic mass is 32.2. The highest BCUT2D eigenvalue weighted by Crippen LogP contribution is 2.27. The molecule has 2 aromatic heterocycles. The van der Waals surface area contributed by atoms with Crippen LogP contribution in [0.25, 0.3) is 10.2 Å². The average molecular weight is 311 g/mol. The average Bonchev–Trinajstić information content (AvgIpc) is 2.91. The van der Waals surface area contributed by atoms with Crippen LogP contribution in [0.2, 0.25) is 0 Å².